The summed E-state index contributed by atoms with van der Waals surface area (Å²) < 4.78 is 6.81. The minimum atomic E-state index is -0.261. The van der Waals surface area contributed by atoms with Gasteiger partial charge in [-0.3, -0.25) is 0 Å². The van der Waals surface area contributed by atoms with E-state index in [1.54, 1.807) is 24.4 Å². The van der Waals surface area contributed by atoms with Gasteiger partial charge in [0.25, 0.3) is 0 Å². The van der Waals surface area contributed by atoms with Gasteiger partial charge in [-0.05, 0) is 68.6 Å². The largest absolute Gasteiger partial charge is 0.506 e. The average molecular weight is 486 g/mol. The van der Waals surface area contributed by atoms with Crippen molar-refractivity contribution in [2.45, 2.75) is 13.0 Å². The van der Waals surface area contributed by atoms with Gasteiger partial charge < -0.3 is 9.84 Å². The maximum Gasteiger partial charge on any atom is 0.336 e. The maximum atomic E-state index is 9.77. The molecule has 0 fully saturated rings. The third-order valence-electron chi connectivity index (χ3n) is 3.45. The quantitative estimate of drug-likeness (QED) is 0.524. The molecule has 0 saturated heterocycles. The second-order valence-corrected chi connectivity index (χ2v) is 7.37. The van der Waals surface area contributed by atoms with E-state index in [1.165, 1.54) is 0 Å². The van der Waals surface area contributed by atoms with Gasteiger partial charge in [0.05, 0.1) is 15.1 Å². The Labute approximate surface area is 166 Å². The normalized spacial score (nSPS) is 12.0. The van der Waals surface area contributed by atoms with Crippen LogP contribution in [-0.4, -0.2) is 20.3 Å². The molecule has 128 valence electrons. The van der Waals surface area contributed by atoms with Crippen molar-refractivity contribution in [3.8, 4) is 23.0 Å². The summed E-state index contributed by atoms with van der Waals surface area (Å²) in [5.74, 6) is 0.125. The van der Waals surface area contributed by atoms with E-state index >= 15 is 0 Å². The third kappa shape index (κ3) is 4.29. The number of hydrogen-bond acceptors (Lipinski definition) is 5. The van der Waals surface area contributed by atoms with Gasteiger partial charge in [0, 0.05) is 10.6 Å². The van der Waals surface area contributed by atoms with Crippen LogP contribution in [0.1, 0.15) is 18.6 Å². The third-order valence-corrected chi connectivity index (χ3v) is 4.90. The molecule has 5 nitrogen and oxygen atoms in total. The zero-order valence-corrected chi connectivity index (χ0v) is 16.9. The van der Waals surface area contributed by atoms with Crippen molar-refractivity contribution in [1.29, 1.82) is 0 Å². The number of phenols is 1. The molecule has 1 heterocycles. The van der Waals surface area contributed by atoms with E-state index in [-0.39, 0.29) is 17.9 Å². The minimum Gasteiger partial charge on any atom is -0.506 e. The van der Waals surface area contributed by atoms with Crippen molar-refractivity contribution in [1.82, 2.24) is 15.2 Å². The van der Waals surface area contributed by atoms with E-state index in [0.717, 1.165) is 11.1 Å². The smallest absolute Gasteiger partial charge is 0.336 e. The minimum absolute atomic E-state index is 0.125. The van der Waals surface area contributed by atoms with Gasteiger partial charge in [-0.25, -0.2) is 4.98 Å². The van der Waals surface area contributed by atoms with Gasteiger partial charge in [0.1, 0.15) is 17.5 Å². The average Bonchev–Trinajstić information content (AvgIpc) is 2.60. The molecule has 0 spiro atoms. The number of nitrogens with zero attached hydrogens (tertiary/aromatic N) is 3. The molecule has 1 aromatic heterocycles. The second-order valence-electron chi connectivity index (χ2n) is 5.23. The molecule has 0 saturated carbocycles. The highest BCUT2D eigenvalue weighted by Crippen LogP contribution is 2.36. The predicted molar refractivity (Wildman–Crippen MR) is 103 cm³/mol. The number of benzene rings is 2. The first-order valence-corrected chi connectivity index (χ1v) is 9.20. The first-order valence-electron chi connectivity index (χ1n) is 7.24. The van der Waals surface area contributed by atoms with Gasteiger partial charge in [0.2, 0.25) is 0 Å². The summed E-state index contributed by atoms with van der Waals surface area (Å²) in [5, 5.41) is 18.6. The van der Waals surface area contributed by atoms with E-state index in [0.29, 0.717) is 19.7 Å². The molecule has 2 aromatic carbocycles. The van der Waals surface area contributed by atoms with E-state index in [1.807, 2.05) is 25.1 Å². The molecule has 1 N–H and O–H groups in total. The lowest BCUT2D eigenvalue weighted by molar-refractivity contribution is 0.204. The Kier molecular flexibility index (Phi) is 5.56. The number of ether oxygens (including phenoxy) is 1. The van der Waals surface area contributed by atoms with Crippen molar-refractivity contribution in [3.05, 3.63) is 62.1 Å². The Morgan fingerprint density at radius 2 is 1.84 bits per heavy atom. The van der Waals surface area contributed by atoms with Crippen molar-refractivity contribution in [2.24, 2.45) is 0 Å². The summed E-state index contributed by atoms with van der Waals surface area (Å²) in [6, 6.07) is 11.1. The number of rotatable bonds is 4. The van der Waals surface area contributed by atoms with Gasteiger partial charge in [-0.15, -0.1) is 5.10 Å². The van der Waals surface area contributed by atoms with Crippen LogP contribution in [-0.2, 0) is 0 Å². The van der Waals surface area contributed by atoms with Gasteiger partial charge in [-0.2, -0.15) is 0 Å². The van der Waals surface area contributed by atoms with E-state index < -0.39 is 0 Å². The Balaban J connectivity index is 1.78. The SMILES string of the molecule is CC(Oc1ncc(-c2cc(Br)c(O)c(Br)c2)nn1)c1cccc(Cl)c1. The molecule has 0 aliphatic heterocycles. The van der Waals surface area contributed by atoms with Crippen LogP contribution in [0.3, 0.4) is 0 Å². The molecule has 1 unspecified atom stereocenters. The first-order chi connectivity index (χ1) is 11.9. The lowest BCUT2D eigenvalue weighted by atomic mass is 10.1. The summed E-state index contributed by atoms with van der Waals surface area (Å²) >= 11 is 12.6. The summed E-state index contributed by atoms with van der Waals surface area (Å²) in [4.78, 5) is 4.20. The predicted octanol–water partition coefficient (Wildman–Crippen LogP) is 5.56. The summed E-state index contributed by atoms with van der Waals surface area (Å²) in [6.07, 6.45) is 1.31. The molecular formula is C17H12Br2ClN3O2. The fraction of sp³-hybridized carbons (Fsp3) is 0.118. The molecule has 25 heavy (non-hydrogen) atoms. The Hall–Kier alpha value is -1.70. The monoisotopic (exact) mass is 483 g/mol. The van der Waals surface area contributed by atoms with Gasteiger partial charge >= 0.3 is 6.01 Å². The van der Waals surface area contributed by atoms with Gasteiger partial charge in [-0.1, -0.05) is 28.8 Å². The van der Waals surface area contributed by atoms with Crippen molar-refractivity contribution in [2.75, 3.05) is 0 Å². The summed E-state index contributed by atoms with van der Waals surface area (Å²) in [7, 11) is 0. The topological polar surface area (TPSA) is 68.1 Å². The first kappa shape index (κ1) is 18.1. The lowest BCUT2D eigenvalue weighted by Gasteiger charge is -2.13. The highest BCUT2D eigenvalue weighted by atomic mass is 79.9. The van der Waals surface area contributed by atoms with Crippen LogP contribution in [0.15, 0.2) is 51.5 Å². The zero-order chi connectivity index (χ0) is 18.0. The van der Waals surface area contributed by atoms with E-state index in [2.05, 4.69) is 47.0 Å². The molecule has 0 aliphatic rings. The van der Waals surface area contributed by atoms with Crippen LogP contribution in [0.5, 0.6) is 11.8 Å². The molecule has 3 aromatic rings. The molecule has 0 bridgehead atoms. The van der Waals surface area contributed by atoms with Crippen molar-refractivity contribution >= 4 is 43.5 Å². The number of halogens is 3. The van der Waals surface area contributed by atoms with E-state index in [4.69, 9.17) is 16.3 Å². The molecule has 8 heteroatoms. The Bertz CT molecular complexity index is 884. The molecule has 0 aliphatic carbocycles. The van der Waals surface area contributed by atoms with Crippen LogP contribution in [0.2, 0.25) is 5.02 Å². The van der Waals surface area contributed by atoms with Crippen LogP contribution < -0.4 is 4.74 Å². The molecule has 3 rings (SSSR count). The van der Waals surface area contributed by atoms with E-state index in [9.17, 15) is 5.11 Å². The van der Waals surface area contributed by atoms with Crippen molar-refractivity contribution < 1.29 is 9.84 Å². The number of phenolic OH excluding ortho intramolecular Hbond substituents is 1. The Morgan fingerprint density at radius 1 is 1.12 bits per heavy atom. The molecule has 0 amide bonds. The number of hydrogen-bond donors (Lipinski definition) is 1. The highest BCUT2D eigenvalue weighted by Gasteiger charge is 2.12. The number of aromatic hydroxyl groups is 1. The number of aromatic nitrogens is 3. The summed E-state index contributed by atoms with van der Waals surface area (Å²) in [5.41, 5.74) is 2.24. The second kappa shape index (κ2) is 7.68. The maximum absolute atomic E-state index is 9.77. The van der Waals surface area contributed by atoms with Crippen LogP contribution in [0.25, 0.3) is 11.3 Å². The fourth-order valence-corrected chi connectivity index (χ4v) is 3.54. The fourth-order valence-electron chi connectivity index (χ4n) is 2.15. The highest BCUT2D eigenvalue weighted by molar-refractivity contribution is 9.11. The molecular weight excluding hydrogens is 473 g/mol. The lowest BCUT2D eigenvalue weighted by Crippen LogP contribution is -2.06. The van der Waals surface area contributed by atoms with Crippen LogP contribution in [0.4, 0.5) is 0 Å². The summed E-state index contributed by atoms with van der Waals surface area (Å²) in [6.45, 7) is 1.89. The van der Waals surface area contributed by atoms with Crippen molar-refractivity contribution in [3.63, 3.8) is 0 Å². The standard InChI is InChI=1S/C17H12Br2ClN3O2/c1-9(10-3-2-4-12(20)5-10)25-17-21-8-15(22-23-17)11-6-13(18)16(24)14(19)7-11/h2-9,24H,1H3. The molecule has 1 atom stereocenters. The molecule has 0 radical (unpaired) electrons. The van der Waals surface area contributed by atoms with Crippen LogP contribution in [0, 0.1) is 0 Å². The van der Waals surface area contributed by atoms with Gasteiger partial charge in [0.15, 0.2) is 0 Å². The Morgan fingerprint density at radius 3 is 2.44 bits per heavy atom. The van der Waals surface area contributed by atoms with Crippen LogP contribution >= 0.6 is 43.5 Å². The zero-order valence-electron chi connectivity index (χ0n) is 12.9.